The Hall–Kier alpha value is -1.36. The lowest BCUT2D eigenvalue weighted by Crippen LogP contribution is -2.53. The molecule has 0 radical (unpaired) electrons. The number of hydrogen-bond acceptors (Lipinski definition) is 3. The van der Waals surface area contributed by atoms with Gasteiger partial charge in [-0.2, -0.15) is 0 Å². The summed E-state index contributed by atoms with van der Waals surface area (Å²) in [7, 11) is 0. The second-order valence-electron chi connectivity index (χ2n) is 4.72. The summed E-state index contributed by atoms with van der Waals surface area (Å²) < 4.78 is 0. The molecule has 1 unspecified atom stereocenters. The van der Waals surface area contributed by atoms with Crippen molar-refractivity contribution in [2.45, 2.75) is 20.3 Å². The zero-order valence-corrected chi connectivity index (χ0v) is 11.4. The van der Waals surface area contributed by atoms with Gasteiger partial charge >= 0.3 is 5.97 Å². The molecular formula is C13H17NO3S. The van der Waals surface area contributed by atoms with Crippen LogP contribution in [0.25, 0.3) is 0 Å². The van der Waals surface area contributed by atoms with Crippen LogP contribution in [0.1, 0.15) is 28.4 Å². The molecule has 1 aliphatic heterocycles. The SMILES string of the molecule is CCc1ccc(C(=O)N2CC(C(C)C(=O)O)C2)s1. The van der Waals surface area contributed by atoms with Gasteiger partial charge in [0.05, 0.1) is 10.8 Å². The van der Waals surface area contributed by atoms with E-state index in [1.807, 2.05) is 12.1 Å². The maximum absolute atomic E-state index is 12.1. The molecule has 4 nitrogen and oxygen atoms in total. The van der Waals surface area contributed by atoms with Gasteiger partial charge in [-0.05, 0) is 18.6 Å². The normalized spacial score (nSPS) is 17.3. The van der Waals surface area contributed by atoms with Gasteiger partial charge in [0.15, 0.2) is 0 Å². The Bertz CT molecular complexity index is 463. The lowest BCUT2D eigenvalue weighted by Gasteiger charge is -2.41. The fourth-order valence-corrected chi connectivity index (χ4v) is 2.95. The molecule has 0 aromatic carbocycles. The number of likely N-dealkylation sites (tertiary alicyclic amines) is 1. The Balaban J connectivity index is 1.92. The molecule has 2 rings (SSSR count). The molecule has 2 heterocycles. The van der Waals surface area contributed by atoms with E-state index < -0.39 is 5.97 Å². The average molecular weight is 267 g/mol. The van der Waals surface area contributed by atoms with Crippen molar-refractivity contribution in [2.75, 3.05) is 13.1 Å². The monoisotopic (exact) mass is 267 g/mol. The molecule has 0 spiro atoms. The fraction of sp³-hybridized carbons (Fsp3) is 0.538. The highest BCUT2D eigenvalue weighted by molar-refractivity contribution is 7.14. The number of hydrogen-bond donors (Lipinski definition) is 1. The van der Waals surface area contributed by atoms with Crippen LogP contribution in [0, 0.1) is 11.8 Å². The van der Waals surface area contributed by atoms with Crippen LogP contribution in [-0.4, -0.2) is 35.0 Å². The third-order valence-electron chi connectivity index (χ3n) is 3.51. The summed E-state index contributed by atoms with van der Waals surface area (Å²) in [6.45, 7) is 4.89. The maximum Gasteiger partial charge on any atom is 0.306 e. The van der Waals surface area contributed by atoms with E-state index in [2.05, 4.69) is 6.92 Å². The van der Waals surface area contributed by atoms with Crippen molar-refractivity contribution in [1.82, 2.24) is 4.90 Å². The average Bonchev–Trinajstić information content (AvgIpc) is 2.74. The van der Waals surface area contributed by atoms with E-state index in [9.17, 15) is 9.59 Å². The Morgan fingerprint density at radius 3 is 2.67 bits per heavy atom. The van der Waals surface area contributed by atoms with Gasteiger partial charge in [-0.25, -0.2) is 0 Å². The number of aliphatic carboxylic acids is 1. The molecule has 1 amide bonds. The first-order valence-corrected chi connectivity index (χ1v) is 6.95. The summed E-state index contributed by atoms with van der Waals surface area (Å²) in [4.78, 5) is 26.6. The minimum Gasteiger partial charge on any atom is -0.481 e. The molecule has 0 aliphatic carbocycles. The molecule has 1 fully saturated rings. The number of carboxylic acid groups (broad SMARTS) is 1. The standard InChI is InChI=1S/C13H17NO3S/c1-3-10-4-5-11(18-10)12(15)14-6-9(7-14)8(2)13(16)17/h4-5,8-9H,3,6-7H2,1-2H3,(H,16,17). The lowest BCUT2D eigenvalue weighted by molar-refractivity contribution is -0.144. The highest BCUT2D eigenvalue weighted by Crippen LogP contribution is 2.27. The third-order valence-corrected chi connectivity index (χ3v) is 4.73. The zero-order chi connectivity index (χ0) is 13.3. The van der Waals surface area contributed by atoms with Crippen LogP contribution in [0.3, 0.4) is 0 Å². The van der Waals surface area contributed by atoms with Gasteiger partial charge in [0.2, 0.25) is 0 Å². The Morgan fingerprint density at radius 1 is 1.50 bits per heavy atom. The van der Waals surface area contributed by atoms with E-state index >= 15 is 0 Å². The van der Waals surface area contributed by atoms with E-state index in [1.54, 1.807) is 11.8 Å². The minimum absolute atomic E-state index is 0.0357. The number of rotatable bonds is 4. The predicted octanol–water partition coefficient (Wildman–Crippen LogP) is 2.10. The molecule has 98 valence electrons. The van der Waals surface area contributed by atoms with Crippen LogP contribution in [0.2, 0.25) is 0 Å². The van der Waals surface area contributed by atoms with Gasteiger partial charge in [0.25, 0.3) is 5.91 Å². The maximum atomic E-state index is 12.1. The van der Waals surface area contributed by atoms with Crippen LogP contribution in [0.5, 0.6) is 0 Å². The van der Waals surface area contributed by atoms with Crippen LogP contribution in [0.4, 0.5) is 0 Å². The van der Waals surface area contributed by atoms with Crippen molar-refractivity contribution < 1.29 is 14.7 Å². The van der Waals surface area contributed by atoms with E-state index in [4.69, 9.17) is 5.11 Å². The summed E-state index contributed by atoms with van der Waals surface area (Å²) in [5.74, 6) is -1.02. The van der Waals surface area contributed by atoms with E-state index in [1.165, 1.54) is 16.2 Å². The second-order valence-corrected chi connectivity index (χ2v) is 5.88. The highest BCUT2D eigenvalue weighted by Gasteiger charge is 2.37. The first-order chi connectivity index (χ1) is 8.52. The second kappa shape index (κ2) is 5.10. The third kappa shape index (κ3) is 2.41. The molecule has 1 aliphatic rings. The molecule has 1 aromatic rings. The highest BCUT2D eigenvalue weighted by atomic mass is 32.1. The lowest BCUT2D eigenvalue weighted by atomic mass is 9.87. The van der Waals surface area contributed by atoms with Gasteiger partial charge in [0, 0.05) is 23.9 Å². The Kier molecular flexibility index (Phi) is 3.71. The van der Waals surface area contributed by atoms with Crippen LogP contribution in [0.15, 0.2) is 12.1 Å². The molecule has 18 heavy (non-hydrogen) atoms. The van der Waals surface area contributed by atoms with Gasteiger partial charge < -0.3 is 10.0 Å². The number of nitrogens with zero attached hydrogens (tertiary/aromatic N) is 1. The molecular weight excluding hydrogens is 250 g/mol. The number of carbonyl (C=O) groups is 2. The summed E-state index contributed by atoms with van der Waals surface area (Å²) in [6.07, 6.45) is 0.941. The van der Waals surface area contributed by atoms with Crippen LogP contribution >= 0.6 is 11.3 Å². The van der Waals surface area contributed by atoms with Crippen molar-refractivity contribution in [3.63, 3.8) is 0 Å². The van der Waals surface area contributed by atoms with Crippen molar-refractivity contribution in [3.05, 3.63) is 21.9 Å². The van der Waals surface area contributed by atoms with Gasteiger partial charge in [-0.3, -0.25) is 9.59 Å². The number of aryl methyl sites for hydroxylation is 1. The topological polar surface area (TPSA) is 57.6 Å². The number of carbonyl (C=O) groups excluding carboxylic acids is 1. The fourth-order valence-electron chi connectivity index (χ4n) is 2.04. The van der Waals surface area contributed by atoms with Crippen LogP contribution < -0.4 is 0 Å². The van der Waals surface area contributed by atoms with E-state index in [0.29, 0.717) is 13.1 Å². The van der Waals surface area contributed by atoms with Crippen molar-refractivity contribution in [2.24, 2.45) is 11.8 Å². The largest absolute Gasteiger partial charge is 0.481 e. The smallest absolute Gasteiger partial charge is 0.306 e. The number of thiophene rings is 1. The van der Waals surface area contributed by atoms with Gasteiger partial charge in [0.1, 0.15) is 0 Å². The Labute approximate surface area is 110 Å². The summed E-state index contributed by atoms with van der Waals surface area (Å²) in [5, 5.41) is 8.89. The minimum atomic E-state index is -0.781. The summed E-state index contributed by atoms with van der Waals surface area (Å²) in [5.41, 5.74) is 0. The predicted molar refractivity (Wildman–Crippen MR) is 69.9 cm³/mol. The van der Waals surface area contributed by atoms with Crippen molar-refractivity contribution in [3.8, 4) is 0 Å². The summed E-state index contributed by atoms with van der Waals surface area (Å²) >= 11 is 1.53. The molecule has 0 saturated carbocycles. The first kappa shape index (κ1) is 13.1. The molecule has 1 aromatic heterocycles. The van der Waals surface area contributed by atoms with Gasteiger partial charge in [-0.1, -0.05) is 13.8 Å². The van der Waals surface area contributed by atoms with Crippen molar-refractivity contribution in [1.29, 1.82) is 0 Å². The van der Waals surface area contributed by atoms with Crippen molar-refractivity contribution >= 4 is 23.2 Å². The van der Waals surface area contributed by atoms with Crippen LogP contribution in [-0.2, 0) is 11.2 Å². The molecule has 1 N–H and O–H groups in total. The first-order valence-electron chi connectivity index (χ1n) is 6.13. The van der Waals surface area contributed by atoms with E-state index in [0.717, 1.165) is 11.3 Å². The number of amides is 1. The number of carboxylic acids is 1. The summed E-state index contributed by atoms with van der Waals surface area (Å²) in [6, 6.07) is 3.84. The molecule has 1 saturated heterocycles. The molecule has 5 heteroatoms. The van der Waals surface area contributed by atoms with Gasteiger partial charge in [-0.15, -0.1) is 11.3 Å². The van der Waals surface area contributed by atoms with E-state index in [-0.39, 0.29) is 17.7 Å². The zero-order valence-electron chi connectivity index (χ0n) is 10.5. The molecule has 0 bridgehead atoms. The molecule has 1 atom stereocenters. The Morgan fingerprint density at radius 2 is 2.17 bits per heavy atom. The quantitative estimate of drug-likeness (QED) is 0.909.